The zero-order valence-corrected chi connectivity index (χ0v) is 11.8. The van der Waals surface area contributed by atoms with E-state index in [-0.39, 0.29) is 0 Å². The van der Waals surface area contributed by atoms with Crippen LogP contribution in [0.3, 0.4) is 0 Å². The minimum atomic E-state index is -4.12. The van der Waals surface area contributed by atoms with Crippen molar-refractivity contribution in [2.75, 3.05) is 32.7 Å². The van der Waals surface area contributed by atoms with Crippen LogP contribution in [0, 0.1) is 0 Å². The molecule has 2 heterocycles. The third kappa shape index (κ3) is 4.41. The van der Waals surface area contributed by atoms with Crippen molar-refractivity contribution in [2.45, 2.75) is 37.9 Å². The van der Waals surface area contributed by atoms with Crippen molar-refractivity contribution in [3.63, 3.8) is 0 Å². The highest BCUT2D eigenvalue weighted by Crippen LogP contribution is 2.38. The van der Waals surface area contributed by atoms with E-state index < -0.39 is 12.7 Å². The van der Waals surface area contributed by atoms with Crippen molar-refractivity contribution in [1.29, 1.82) is 0 Å². The van der Waals surface area contributed by atoms with Crippen LogP contribution in [0.2, 0.25) is 0 Å². The fraction of sp³-hybridized carbons (Fsp3) is 0.846. The zero-order valence-electron chi connectivity index (χ0n) is 11.8. The summed E-state index contributed by atoms with van der Waals surface area (Å²) in [6, 6.07) is 0. The van der Waals surface area contributed by atoms with E-state index >= 15 is 0 Å². The zero-order chi connectivity index (χ0) is 14.9. The summed E-state index contributed by atoms with van der Waals surface area (Å²) in [7, 11) is 0. The van der Waals surface area contributed by atoms with Gasteiger partial charge in [-0.25, -0.2) is 0 Å². The lowest BCUT2D eigenvalue weighted by molar-refractivity contribution is -0.145. The highest BCUT2D eigenvalue weighted by molar-refractivity contribution is 5.01. The fourth-order valence-electron chi connectivity index (χ4n) is 2.62. The van der Waals surface area contributed by atoms with Gasteiger partial charge in [-0.1, -0.05) is 5.16 Å². The molecule has 3 rings (SSSR count). The second kappa shape index (κ2) is 5.92. The van der Waals surface area contributed by atoms with Gasteiger partial charge in [0.1, 0.15) is 0 Å². The van der Waals surface area contributed by atoms with Gasteiger partial charge in [0.15, 0.2) is 5.82 Å². The van der Waals surface area contributed by atoms with Gasteiger partial charge in [-0.3, -0.25) is 9.80 Å². The summed E-state index contributed by atoms with van der Waals surface area (Å²) in [5.41, 5.74) is 0. The Labute approximate surface area is 121 Å². The number of halogens is 3. The van der Waals surface area contributed by atoms with Crippen molar-refractivity contribution in [2.24, 2.45) is 0 Å². The number of hydrogen-bond donors (Lipinski definition) is 0. The van der Waals surface area contributed by atoms with Gasteiger partial charge < -0.3 is 4.52 Å². The minimum absolute atomic E-state index is 0.423. The molecule has 0 aromatic carbocycles. The van der Waals surface area contributed by atoms with E-state index in [2.05, 4.69) is 15.0 Å². The van der Waals surface area contributed by atoms with Crippen LogP contribution in [0.15, 0.2) is 4.52 Å². The Hall–Kier alpha value is -1.15. The van der Waals surface area contributed by atoms with E-state index in [9.17, 15) is 13.2 Å². The molecule has 1 aromatic heterocycles. The molecule has 0 unspecified atom stereocenters. The highest BCUT2D eigenvalue weighted by Gasteiger charge is 2.32. The standard InChI is InChI=1S/C13H19F3N4O/c14-13(15,16)9-20-5-1-4-19(6-7-20)8-11-17-12(21-18-11)10-2-3-10/h10H,1-9H2. The van der Waals surface area contributed by atoms with Gasteiger partial charge in [-0.05, 0) is 32.4 Å². The molecule has 8 heteroatoms. The summed E-state index contributed by atoms with van der Waals surface area (Å²) in [6.07, 6.45) is -1.18. The first-order chi connectivity index (χ1) is 9.99. The molecule has 1 saturated heterocycles. The molecule has 0 N–H and O–H groups in total. The average molecular weight is 304 g/mol. The third-order valence-electron chi connectivity index (χ3n) is 3.86. The van der Waals surface area contributed by atoms with Gasteiger partial charge in [-0.15, -0.1) is 0 Å². The summed E-state index contributed by atoms with van der Waals surface area (Å²) in [6.45, 7) is 2.00. The second-order valence-electron chi connectivity index (χ2n) is 5.84. The van der Waals surface area contributed by atoms with Crippen LogP contribution in [0.25, 0.3) is 0 Å². The van der Waals surface area contributed by atoms with Gasteiger partial charge in [0.05, 0.1) is 13.1 Å². The molecular weight excluding hydrogens is 285 g/mol. The molecular formula is C13H19F3N4O. The van der Waals surface area contributed by atoms with E-state index in [1.165, 1.54) is 4.90 Å². The van der Waals surface area contributed by atoms with Crippen molar-refractivity contribution >= 4 is 0 Å². The summed E-state index contributed by atoms with van der Waals surface area (Å²) in [5.74, 6) is 1.78. The predicted octanol–water partition coefficient (Wildman–Crippen LogP) is 2.02. The molecule has 2 aliphatic rings. The van der Waals surface area contributed by atoms with Crippen LogP contribution in [0.1, 0.15) is 36.9 Å². The van der Waals surface area contributed by atoms with Crippen LogP contribution in [0.5, 0.6) is 0 Å². The molecule has 21 heavy (non-hydrogen) atoms. The Balaban J connectivity index is 1.50. The first-order valence-corrected chi connectivity index (χ1v) is 7.33. The molecule has 5 nitrogen and oxygen atoms in total. The Bertz CT molecular complexity index is 472. The number of rotatable bonds is 4. The number of hydrogen-bond acceptors (Lipinski definition) is 5. The van der Waals surface area contributed by atoms with Crippen LogP contribution in [0.4, 0.5) is 13.2 Å². The van der Waals surface area contributed by atoms with Gasteiger partial charge >= 0.3 is 6.18 Å². The second-order valence-corrected chi connectivity index (χ2v) is 5.84. The molecule has 1 aromatic rings. The largest absolute Gasteiger partial charge is 0.401 e. The van der Waals surface area contributed by atoms with Crippen LogP contribution < -0.4 is 0 Å². The molecule has 0 atom stereocenters. The maximum atomic E-state index is 12.4. The SMILES string of the molecule is FC(F)(F)CN1CCCN(Cc2noc(C3CC3)n2)CC1. The van der Waals surface area contributed by atoms with Crippen molar-refractivity contribution in [3.05, 3.63) is 11.7 Å². The van der Waals surface area contributed by atoms with Crippen LogP contribution in [-0.2, 0) is 6.54 Å². The lowest BCUT2D eigenvalue weighted by atomic mass is 10.3. The summed E-state index contributed by atoms with van der Waals surface area (Å²) >= 11 is 0. The normalized spacial score (nSPS) is 22.4. The van der Waals surface area contributed by atoms with Gasteiger partial charge in [0.25, 0.3) is 0 Å². The van der Waals surface area contributed by atoms with E-state index in [1.807, 2.05) is 0 Å². The first-order valence-electron chi connectivity index (χ1n) is 7.33. The summed E-state index contributed by atoms with van der Waals surface area (Å²) in [4.78, 5) is 7.92. The lowest BCUT2D eigenvalue weighted by Crippen LogP contribution is -2.37. The molecule has 0 bridgehead atoms. The molecule has 1 saturated carbocycles. The monoisotopic (exact) mass is 304 g/mol. The topological polar surface area (TPSA) is 45.4 Å². The molecule has 0 radical (unpaired) electrons. The maximum Gasteiger partial charge on any atom is 0.401 e. The maximum absolute atomic E-state index is 12.4. The van der Waals surface area contributed by atoms with Crippen molar-refractivity contribution < 1.29 is 17.7 Å². The molecule has 0 amide bonds. The van der Waals surface area contributed by atoms with E-state index in [0.29, 0.717) is 43.8 Å². The predicted molar refractivity (Wildman–Crippen MR) is 68.7 cm³/mol. The van der Waals surface area contributed by atoms with Gasteiger partial charge in [0, 0.05) is 19.0 Å². The number of aromatic nitrogens is 2. The van der Waals surface area contributed by atoms with E-state index in [0.717, 1.165) is 25.8 Å². The van der Waals surface area contributed by atoms with Crippen molar-refractivity contribution in [3.8, 4) is 0 Å². The Morgan fingerprint density at radius 2 is 1.81 bits per heavy atom. The van der Waals surface area contributed by atoms with Crippen molar-refractivity contribution in [1.82, 2.24) is 19.9 Å². The summed E-state index contributed by atoms with van der Waals surface area (Å²) in [5, 5.41) is 3.96. The molecule has 1 aliphatic heterocycles. The summed E-state index contributed by atoms with van der Waals surface area (Å²) < 4.78 is 42.4. The molecule has 0 spiro atoms. The number of nitrogens with zero attached hydrogens (tertiary/aromatic N) is 4. The van der Waals surface area contributed by atoms with E-state index in [4.69, 9.17) is 4.52 Å². The minimum Gasteiger partial charge on any atom is -0.339 e. The Morgan fingerprint density at radius 3 is 2.52 bits per heavy atom. The molecule has 118 valence electrons. The quantitative estimate of drug-likeness (QED) is 0.851. The fourth-order valence-corrected chi connectivity index (χ4v) is 2.62. The van der Waals surface area contributed by atoms with Crippen LogP contribution in [-0.4, -0.2) is 58.8 Å². The van der Waals surface area contributed by atoms with Gasteiger partial charge in [-0.2, -0.15) is 18.2 Å². The third-order valence-corrected chi connectivity index (χ3v) is 3.86. The van der Waals surface area contributed by atoms with Crippen LogP contribution >= 0.6 is 0 Å². The molecule has 1 aliphatic carbocycles. The lowest BCUT2D eigenvalue weighted by Gasteiger charge is -2.21. The van der Waals surface area contributed by atoms with E-state index in [1.54, 1.807) is 0 Å². The number of alkyl halides is 3. The average Bonchev–Trinajstić information content (AvgIpc) is 3.16. The Kier molecular flexibility index (Phi) is 4.17. The smallest absolute Gasteiger partial charge is 0.339 e. The first kappa shape index (κ1) is 14.8. The Morgan fingerprint density at radius 1 is 1.10 bits per heavy atom. The molecule has 2 fully saturated rings. The van der Waals surface area contributed by atoms with Gasteiger partial charge in [0.2, 0.25) is 5.89 Å². The highest BCUT2D eigenvalue weighted by atomic mass is 19.4.